The van der Waals surface area contributed by atoms with Gasteiger partial charge in [0.25, 0.3) is 0 Å². The molecule has 0 spiro atoms. The van der Waals surface area contributed by atoms with Gasteiger partial charge in [-0.25, -0.2) is 4.79 Å². The average molecular weight is 467 g/mol. The van der Waals surface area contributed by atoms with Gasteiger partial charge >= 0.3 is 12.1 Å². The number of carbonyl (C=O) groups is 3. The highest BCUT2D eigenvalue weighted by Gasteiger charge is 2.36. The van der Waals surface area contributed by atoms with Crippen molar-refractivity contribution in [3.63, 3.8) is 0 Å². The highest BCUT2D eigenvalue weighted by atomic mass is 16.5. The van der Waals surface area contributed by atoms with Crippen molar-refractivity contribution in [1.82, 2.24) is 10.6 Å². The smallest absolute Gasteiger partial charge is 0.408 e. The van der Waals surface area contributed by atoms with Gasteiger partial charge in [0, 0.05) is 18.4 Å². The minimum absolute atomic E-state index is 0.0568. The molecule has 0 saturated heterocycles. The molecule has 3 N–H and O–H groups in total. The summed E-state index contributed by atoms with van der Waals surface area (Å²) in [7, 11) is 0. The van der Waals surface area contributed by atoms with Gasteiger partial charge in [-0.3, -0.25) is 9.59 Å². The first kappa shape index (κ1) is 25.3. The number of amides is 2. The molecule has 7 heteroatoms. The Morgan fingerprint density at radius 3 is 2.21 bits per heavy atom. The minimum atomic E-state index is -1.13. The molecular weight excluding hydrogens is 432 g/mol. The van der Waals surface area contributed by atoms with E-state index in [-0.39, 0.29) is 30.9 Å². The zero-order chi connectivity index (χ0) is 24.7. The maximum absolute atomic E-state index is 13.0. The lowest BCUT2D eigenvalue weighted by atomic mass is 9.94. The lowest BCUT2D eigenvalue weighted by Crippen LogP contribution is -2.58. The van der Waals surface area contributed by atoms with Crippen molar-refractivity contribution in [2.45, 2.75) is 70.4 Å². The summed E-state index contributed by atoms with van der Waals surface area (Å²) in [5, 5.41) is 14.5. The molecule has 0 aromatic heterocycles. The van der Waals surface area contributed by atoms with Crippen molar-refractivity contribution in [1.29, 1.82) is 0 Å². The standard InChI is InChI=1S/C27H34N2O5/c1-4-16-27(3,25(32)28-18(2)10-9-15-24(30)31)29-26(33)34-17-23-21-13-7-5-11-19(21)20-12-6-8-14-22(20)23/h5-8,11-14,18,23H,4,9-10,15-17H2,1-3H3,(H,28,32)(H,29,33)(H,30,31). The number of rotatable bonds is 11. The maximum atomic E-state index is 13.0. The molecule has 0 radical (unpaired) electrons. The molecule has 0 bridgehead atoms. The Labute approximate surface area is 200 Å². The van der Waals surface area contributed by atoms with Gasteiger partial charge in [0.05, 0.1) is 0 Å². The summed E-state index contributed by atoms with van der Waals surface area (Å²) in [6.45, 7) is 5.65. The quantitative estimate of drug-likeness (QED) is 0.439. The van der Waals surface area contributed by atoms with E-state index in [1.165, 1.54) is 0 Å². The lowest BCUT2D eigenvalue weighted by Gasteiger charge is -2.30. The van der Waals surface area contributed by atoms with Crippen molar-refractivity contribution in [2.75, 3.05) is 6.61 Å². The van der Waals surface area contributed by atoms with Crippen LogP contribution in [0, 0.1) is 0 Å². The highest BCUT2D eigenvalue weighted by Crippen LogP contribution is 2.44. The zero-order valence-electron chi connectivity index (χ0n) is 20.1. The predicted molar refractivity (Wildman–Crippen MR) is 131 cm³/mol. The van der Waals surface area contributed by atoms with E-state index in [0.29, 0.717) is 25.7 Å². The van der Waals surface area contributed by atoms with Gasteiger partial charge < -0.3 is 20.5 Å². The van der Waals surface area contributed by atoms with Crippen molar-refractivity contribution in [2.24, 2.45) is 0 Å². The Bertz CT molecular complexity index is 992. The third kappa shape index (κ3) is 5.95. The van der Waals surface area contributed by atoms with Crippen LogP contribution in [0.15, 0.2) is 48.5 Å². The van der Waals surface area contributed by atoms with E-state index in [0.717, 1.165) is 22.3 Å². The normalized spacial score (nSPS) is 14.9. The summed E-state index contributed by atoms with van der Waals surface area (Å²) in [6, 6.07) is 16.0. The number of benzene rings is 2. The second kappa shape index (κ2) is 11.2. The molecule has 1 aliphatic carbocycles. The van der Waals surface area contributed by atoms with Gasteiger partial charge in [0.1, 0.15) is 12.1 Å². The average Bonchev–Trinajstić information content (AvgIpc) is 3.11. The Morgan fingerprint density at radius 1 is 1.06 bits per heavy atom. The molecule has 2 amide bonds. The Morgan fingerprint density at radius 2 is 1.65 bits per heavy atom. The number of carbonyl (C=O) groups excluding carboxylic acids is 2. The summed E-state index contributed by atoms with van der Waals surface area (Å²) in [5.41, 5.74) is 3.43. The Kier molecular flexibility index (Phi) is 8.31. The topological polar surface area (TPSA) is 105 Å². The third-order valence-electron chi connectivity index (χ3n) is 6.38. The van der Waals surface area contributed by atoms with Crippen molar-refractivity contribution >= 4 is 18.0 Å². The first-order chi connectivity index (χ1) is 16.2. The largest absolute Gasteiger partial charge is 0.481 e. The van der Waals surface area contributed by atoms with Gasteiger partial charge in [-0.05, 0) is 55.4 Å². The molecule has 34 heavy (non-hydrogen) atoms. The van der Waals surface area contributed by atoms with E-state index in [1.807, 2.05) is 38.1 Å². The van der Waals surface area contributed by atoms with Crippen LogP contribution in [0.25, 0.3) is 11.1 Å². The summed E-state index contributed by atoms with van der Waals surface area (Å²) < 4.78 is 5.63. The maximum Gasteiger partial charge on any atom is 0.408 e. The van der Waals surface area contributed by atoms with Crippen LogP contribution in [0.4, 0.5) is 4.79 Å². The summed E-state index contributed by atoms with van der Waals surface area (Å²) in [6.07, 6.45) is 1.59. The number of carboxylic acids is 1. The van der Waals surface area contributed by atoms with E-state index in [1.54, 1.807) is 6.92 Å². The van der Waals surface area contributed by atoms with Gasteiger partial charge in [0.2, 0.25) is 5.91 Å². The lowest BCUT2D eigenvalue weighted by molar-refractivity contribution is -0.137. The fraction of sp³-hybridized carbons (Fsp3) is 0.444. The number of ether oxygens (including phenoxy) is 1. The summed E-state index contributed by atoms with van der Waals surface area (Å²) in [5.74, 6) is -1.21. The highest BCUT2D eigenvalue weighted by molar-refractivity contribution is 5.89. The number of hydrogen-bond donors (Lipinski definition) is 3. The van der Waals surface area contributed by atoms with Crippen molar-refractivity contribution in [3.05, 3.63) is 59.7 Å². The van der Waals surface area contributed by atoms with Crippen LogP contribution in [0.1, 0.15) is 69.9 Å². The zero-order valence-corrected chi connectivity index (χ0v) is 20.1. The van der Waals surface area contributed by atoms with Gasteiger partial charge in [-0.15, -0.1) is 0 Å². The minimum Gasteiger partial charge on any atom is -0.481 e. The molecule has 2 aromatic carbocycles. The molecule has 0 saturated carbocycles. The van der Waals surface area contributed by atoms with E-state index in [4.69, 9.17) is 9.84 Å². The van der Waals surface area contributed by atoms with Gasteiger partial charge in [-0.1, -0.05) is 61.9 Å². The molecule has 0 aliphatic heterocycles. The first-order valence-electron chi connectivity index (χ1n) is 11.9. The number of fused-ring (bicyclic) bond motifs is 3. The Hall–Kier alpha value is -3.35. The molecule has 2 unspecified atom stereocenters. The second-order valence-electron chi connectivity index (χ2n) is 9.19. The number of carboxylic acid groups (broad SMARTS) is 1. The molecular formula is C27H34N2O5. The van der Waals surface area contributed by atoms with Crippen LogP contribution in [-0.4, -0.2) is 41.3 Å². The van der Waals surface area contributed by atoms with Crippen LogP contribution in [-0.2, 0) is 14.3 Å². The molecule has 3 rings (SSSR count). The van der Waals surface area contributed by atoms with Crippen LogP contribution in [0.3, 0.4) is 0 Å². The summed E-state index contributed by atoms with van der Waals surface area (Å²) in [4.78, 5) is 36.5. The van der Waals surface area contributed by atoms with Gasteiger partial charge in [-0.2, -0.15) is 0 Å². The van der Waals surface area contributed by atoms with Crippen LogP contribution >= 0.6 is 0 Å². The first-order valence-corrected chi connectivity index (χ1v) is 11.9. The van der Waals surface area contributed by atoms with Crippen molar-refractivity contribution in [3.8, 4) is 11.1 Å². The number of alkyl carbamates (subject to hydrolysis) is 1. The van der Waals surface area contributed by atoms with E-state index in [9.17, 15) is 14.4 Å². The van der Waals surface area contributed by atoms with Crippen LogP contribution < -0.4 is 10.6 Å². The molecule has 2 aromatic rings. The number of hydrogen-bond acceptors (Lipinski definition) is 4. The Balaban J connectivity index is 1.61. The molecule has 7 nitrogen and oxygen atoms in total. The SMILES string of the molecule is CCCC(C)(NC(=O)OCC1c2ccccc2-c2ccccc21)C(=O)NC(C)CCCC(=O)O. The predicted octanol–water partition coefficient (Wildman–Crippen LogP) is 4.84. The molecule has 182 valence electrons. The fourth-order valence-electron chi connectivity index (χ4n) is 4.61. The molecule has 0 heterocycles. The second-order valence-corrected chi connectivity index (χ2v) is 9.19. The number of nitrogens with one attached hydrogen (secondary N) is 2. The molecule has 1 aliphatic rings. The van der Waals surface area contributed by atoms with E-state index >= 15 is 0 Å². The van der Waals surface area contributed by atoms with Crippen molar-refractivity contribution < 1.29 is 24.2 Å². The number of aliphatic carboxylic acids is 1. The summed E-state index contributed by atoms with van der Waals surface area (Å²) >= 11 is 0. The van der Waals surface area contributed by atoms with Crippen LogP contribution in [0.5, 0.6) is 0 Å². The molecule has 2 atom stereocenters. The van der Waals surface area contributed by atoms with Gasteiger partial charge in [0.15, 0.2) is 0 Å². The fourth-order valence-corrected chi connectivity index (χ4v) is 4.61. The van der Waals surface area contributed by atoms with E-state index < -0.39 is 17.6 Å². The van der Waals surface area contributed by atoms with Crippen LogP contribution in [0.2, 0.25) is 0 Å². The third-order valence-corrected chi connectivity index (χ3v) is 6.38. The monoisotopic (exact) mass is 466 g/mol. The molecule has 0 fully saturated rings. The van der Waals surface area contributed by atoms with E-state index in [2.05, 4.69) is 34.9 Å².